The molecule has 0 saturated carbocycles. The predicted octanol–water partition coefficient (Wildman–Crippen LogP) is 1.32. The van der Waals surface area contributed by atoms with Gasteiger partial charge in [0.15, 0.2) is 10.5 Å². The molecule has 1 aliphatic rings. The lowest BCUT2D eigenvalue weighted by Crippen LogP contribution is -2.40. The van der Waals surface area contributed by atoms with Gasteiger partial charge in [0.25, 0.3) is 11.5 Å². The molecule has 24 heavy (non-hydrogen) atoms. The average molecular weight is 344 g/mol. The van der Waals surface area contributed by atoms with Gasteiger partial charge in [0, 0.05) is 17.6 Å². The van der Waals surface area contributed by atoms with Gasteiger partial charge >= 0.3 is 6.03 Å². The molecule has 0 aliphatic carbocycles. The minimum absolute atomic E-state index is 0.0788. The Morgan fingerprint density at radius 1 is 1.38 bits per heavy atom. The molecule has 1 atom stereocenters. The Hall–Kier alpha value is -2.94. The predicted molar refractivity (Wildman–Crippen MR) is 84.5 cm³/mol. The van der Waals surface area contributed by atoms with E-state index in [1.54, 1.807) is 30.6 Å². The fourth-order valence-corrected chi connectivity index (χ4v) is 3.44. The Bertz CT molecular complexity index is 1010. The van der Waals surface area contributed by atoms with E-state index in [4.69, 9.17) is 4.42 Å². The molecule has 1 aliphatic heterocycles. The Morgan fingerprint density at radius 2 is 2.21 bits per heavy atom. The molecule has 4 rings (SSSR count). The molecule has 0 bridgehead atoms. The van der Waals surface area contributed by atoms with Crippen molar-refractivity contribution in [2.45, 2.75) is 19.0 Å². The fourth-order valence-electron chi connectivity index (χ4n) is 2.70. The van der Waals surface area contributed by atoms with Crippen LogP contribution in [0.1, 0.15) is 18.4 Å². The van der Waals surface area contributed by atoms with E-state index in [1.165, 1.54) is 28.1 Å². The Morgan fingerprint density at radius 3 is 2.96 bits per heavy atom. The summed E-state index contributed by atoms with van der Waals surface area (Å²) in [7, 11) is 0. The molecule has 4 heterocycles. The second-order valence-electron chi connectivity index (χ2n) is 5.57. The second kappa shape index (κ2) is 5.03. The van der Waals surface area contributed by atoms with Crippen LogP contribution in [0.15, 0.2) is 45.3 Å². The molecule has 0 radical (unpaired) electrons. The first kappa shape index (κ1) is 14.6. The number of thiazole rings is 1. The molecule has 1 fully saturated rings. The van der Waals surface area contributed by atoms with Gasteiger partial charge in [-0.05, 0) is 19.1 Å². The van der Waals surface area contributed by atoms with E-state index in [1.807, 2.05) is 0 Å². The Balaban J connectivity index is 1.68. The molecule has 1 N–H and O–H groups in total. The molecule has 3 aromatic heterocycles. The molecule has 0 spiro atoms. The average Bonchev–Trinajstić information content (AvgIpc) is 3.25. The number of amides is 3. The van der Waals surface area contributed by atoms with Gasteiger partial charge in [-0.25, -0.2) is 9.78 Å². The highest BCUT2D eigenvalue weighted by molar-refractivity contribution is 7.15. The summed E-state index contributed by atoms with van der Waals surface area (Å²) in [5, 5.41) is 4.38. The minimum Gasteiger partial charge on any atom is -0.466 e. The largest absolute Gasteiger partial charge is 0.466 e. The zero-order chi connectivity index (χ0) is 16.9. The highest BCUT2D eigenvalue weighted by Gasteiger charge is 2.51. The summed E-state index contributed by atoms with van der Waals surface area (Å²) in [5.74, 6) is -0.0966. The summed E-state index contributed by atoms with van der Waals surface area (Å²) in [4.78, 5) is 42.8. The van der Waals surface area contributed by atoms with Crippen molar-refractivity contribution in [3.63, 3.8) is 0 Å². The summed E-state index contributed by atoms with van der Waals surface area (Å²) >= 11 is 1.31. The third-order valence-electron chi connectivity index (χ3n) is 3.97. The van der Waals surface area contributed by atoms with Crippen molar-refractivity contribution in [1.29, 1.82) is 0 Å². The molecule has 9 heteroatoms. The number of hydrogen-bond donors (Lipinski definition) is 1. The summed E-state index contributed by atoms with van der Waals surface area (Å²) in [6.45, 7) is 1.50. The number of fused-ring (bicyclic) bond motifs is 1. The number of rotatable bonds is 3. The number of nitrogens with zero attached hydrogens (tertiary/aromatic N) is 3. The zero-order valence-electron chi connectivity index (χ0n) is 12.6. The van der Waals surface area contributed by atoms with Crippen LogP contribution in [0.2, 0.25) is 0 Å². The maximum Gasteiger partial charge on any atom is 0.325 e. The first-order valence-corrected chi connectivity index (χ1v) is 8.01. The van der Waals surface area contributed by atoms with Gasteiger partial charge in [0.2, 0.25) is 0 Å². The van der Waals surface area contributed by atoms with E-state index >= 15 is 0 Å². The number of nitrogens with one attached hydrogen (secondary N) is 1. The first-order valence-electron chi connectivity index (χ1n) is 7.13. The topological polar surface area (TPSA) is 96.9 Å². The van der Waals surface area contributed by atoms with Gasteiger partial charge in [-0.15, -0.1) is 11.3 Å². The number of imide groups is 1. The van der Waals surface area contributed by atoms with Crippen LogP contribution in [0, 0.1) is 0 Å². The summed E-state index contributed by atoms with van der Waals surface area (Å²) in [6.07, 6.45) is 3.07. The van der Waals surface area contributed by atoms with Crippen LogP contribution >= 0.6 is 11.3 Å². The smallest absolute Gasteiger partial charge is 0.325 e. The van der Waals surface area contributed by atoms with Gasteiger partial charge in [-0.3, -0.25) is 18.9 Å². The number of carbonyl (C=O) groups excluding carboxylic acids is 2. The summed E-state index contributed by atoms with van der Waals surface area (Å²) < 4.78 is 6.68. The molecule has 3 aromatic rings. The fraction of sp³-hybridized carbons (Fsp3) is 0.200. The SMILES string of the molecule is C[C@]1(c2ccco2)NC(=O)N(Cc2cc(=O)n3ccsc3n2)C1=O. The third kappa shape index (κ3) is 2.05. The van der Waals surface area contributed by atoms with Gasteiger partial charge in [0.05, 0.1) is 18.5 Å². The highest BCUT2D eigenvalue weighted by Crippen LogP contribution is 2.29. The molecule has 0 unspecified atom stereocenters. The molecule has 0 aromatic carbocycles. The Labute approximate surface area is 139 Å². The van der Waals surface area contributed by atoms with Crippen molar-refractivity contribution in [3.05, 3.63) is 57.8 Å². The van der Waals surface area contributed by atoms with E-state index in [0.29, 0.717) is 16.4 Å². The standard InChI is InChI=1S/C15H12N4O4S/c1-15(10-3-2-5-23-10)12(21)19(13(22)17-15)8-9-7-11(20)18-4-6-24-14(18)16-9/h2-7H,8H2,1H3,(H,17,22)/t15-/m1/s1. The van der Waals surface area contributed by atoms with E-state index < -0.39 is 17.5 Å². The number of aromatic nitrogens is 2. The van der Waals surface area contributed by atoms with E-state index in [9.17, 15) is 14.4 Å². The van der Waals surface area contributed by atoms with Crippen molar-refractivity contribution in [2.75, 3.05) is 0 Å². The van der Waals surface area contributed by atoms with Gasteiger partial charge in [-0.1, -0.05) is 0 Å². The number of hydrogen-bond acceptors (Lipinski definition) is 6. The van der Waals surface area contributed by atoms with E-state index in [-0.39, 0.29) is 12.1 Å². The number of furan rings is 1. The highest BCUT2D eigenvalue weighted by atomic mass is 32.1. The first-order chi connectivity index (χ1) is 11.5. The van der Waals surface area contributed by atoms with Gasteiger partial charge in [0.1, 0.15) is 5.76 Å². The minimum atomic E-state index is -1.26. The normalized spacial score (nSPS) is 20.8. The van der Waals surface area contributed by atoms with Crippen LogP contribution in [0.25, 0.3) is 4.96 Å². The lowest BCUT2D eigenvalue weighted by Gasteiger charge is -2.18. The quantitative estimate of drug-likeness (QED) is 0.723. The van der Waals surface area contributed by atoms with Gasteiger partial charge < -0.3 is 9.73 Å². The summed E-state index contributed by atoms with van der Waals surface area (Å²) in [6, 6.07) is 4.05. The maximum absolute atomic E-state index is 12.7. The van der Waals surface area contributed by atoms with Crippen LogP contribution in [-0.2, 0) is 16.9 Å². The van der Waals surface area contributed by atoms with Crippen molar-refractivity contribution < 1.29 is 14.0 Å². The van der Waals surface area contributed by atoms with E-state index in [2.05, 4.69) is 10.3 Å². The van der Waals surface area contributed by atoms with Crippen LogP contribution in [0.4, 0.5) is 4.79 Å². The number of carbonyl (C=O) groups is 2. The molecule has 8 nitrogen and oxygen atoms in total. The zero-order valence-corrected chi connectivity index (χ0v) is 13.4. The van der Waals surface area contributed by atoms with E-state index in [0.717, 1.165) is 4.90 Å². The van der Waals surface area contributed by atoms with Crippen molar-refractivity contribution in [3.8, 4) is 0 Å². The van der Waals surface area contributed by atoms with Crippen LogP contribution in [0.5, 0.6) is 0 Å². The lowest BCUT2D eigenvalue weighted by atomic mass is 9.99. The monoisotopic (exact) mass is 344 g/mol. The molecular weight excluding hydrogens is 332 g/mol. The third-order valence-corrected chi connectivity index (χ3v) is 4.72. The van der Waals surface area contributed by atoms with Crippen LogP contribution in [-0.4, -0.2) is 26.2 Å². The van der Waals surface area contributed by atoms with Crippen molar-refractivity contribution in [1.82, 2.24) is 19.6 Å². The van der Waals surface area contributed by atoms with Crippen LogP contribution < -0.4 is 10.9 Å². The van der Waals surface area contributed by atoms with Gasteiger partial charge in [-0.2, -0.15) is 0 Å². The second-order valence-corrected chi connectivity index (χ2v) is 6.44. The van der Waals surface area contributed by atoms with Crippen molar-refractivity contribution in [2.24, 2.45) is 0 Å². The lowest BCUT2D eigenvalue weighted by molar-refractivity contribution is -0.132. The van der Waals surface area contributed by atoms with Crippen molar-refractivity contribution >= 4 is 28.2 Å². The number of urea groups is 1. The summed E-state index contributed by atoms with van der Waals surface area (Å²) in [5.41, 5.74) is -1.16. The Kier molecular flexibility index (Phi) is 3.07. The molecule has 122 valence electrons. The maximum atomic E-state index is 12.7. The van der Waals surface area contributed by atoms with Crippen LogP contribution in [0.3, 0.4) is 0 Å². The molecule has 3 amide bonds. The molecular formula is C15H12N4O4S. The molecule has 1 saturated heterocycles.